The molecule has 1 atom stereocenters. The lowest BCUT2D eigenvalue weighted by Crippen LogP contribution is -2.43. The zero-order chi connectivity index (χ0) is 39.6. The van der Waals surface area contributed by atoms with Gasteiger partial charge in [-0.1, -0.05) is 97.1 Å². The van der Waals surface area contributed by atoms with Crippen LogP contribution in [0.5, 0.6) is 17.2 Å². The Morgan fingerprint density at radius 3 is 1.56 bits per heavy atom. The highest BCUT2D eigenvalue weighted by Gasteiger charge is 2.31. The first-order chi connectivity index (χ1) is 27.6. The van der Waals surface area contributed by atoms with Gasteiger partial charge in [0.05, 0.1) is 10.7 Å². The van der Waals surface area contributed by atoms with Crippen molar-refractivity contribution < 1.29 is 38.4 Å². The second-order valence-corrected chi connectivity index (χ2v) is 17.0. The summed E-state index contributed by atoms with van der Waals surface area (Å²) in [5.41, 5.74) is 9.57. The molecule has 6 aromatic carbocycles. The Kier molecular flexibility index (Phi) is 11.7. The van der Waals surface area contributed by atoms with Crippen LogP contribution in [0.2, 0.25) is 0 Å². The zero-order valence-electron chi connectivity index (χ0n) is 29.9. The van der Waals surface area contributed by atoms with Crippen molar-refractivity contribution >= 4 is 86.0 Å². The van der Waals surface area contributed by atoms with Crippen LogP contribution in [0.15, 0.2) is 127 Å². The van der Waals surface area contributed by atoms with Gasteiger partial charge in [0.25, 0.3) is 0 Å². The van der Waals surface area contributed by atoms with Crippen LogP contribution in [0.4, 0.5) is 9.59 Å². The van der Waals surface area contributed by atoms with Crippen molar-refractivity contribution in [2.75, 3.05) is 13.2 Å². The van der Waals surface area contributed by atoms with Crippen molar-refractivity contribution in [3.8, 4) is 39.5 Å². The molecule has 0 aliphatic heterocycles. The fourth-order valence-corrected chi connectivity index (χ4v) is 10.2. The number of alkyl carbamates (subject to hydrolysis) is 1. The van der Waals surface area contributed by atoms with Gasteiger partial charge in [0, 0.05) is 18.3 Å². The molecule has 286 valence electrons. The van der Waals surface area contributed by atoms with E-state index in [0.717, 1.165) is 51.6 Å². The SMILES string of the molecule is O=C(NC(Cc1cc(I)c(Oc2ccc(OC(=O)OCC3c4ccccc4-c4ccccc43)c(I)c2)c(I)c1)C(=O)O)OCC1c2ccccc2-c2ccccc21. The zero-order valence-corrected chi connectivity index (χ0v) is 36.4. The number of hydrogen-bond donors (Lipinski definition) is 2. The molecule has 6 aromatic rings. The fourth-order valence-electron chi connectivity index (χ4n) is 7.50. The molecule has 1 unspecified atom stereocenters. The molecule has 12 heteroatoms. The Labute approximate surface area is 369 Å². The van der Waals surface area contributed by atoms with Crippen molar-refractivity contribution in [2.45, 2.75) is 24.3 Å². The molecule has 57 heavy (non-hydrogen) atoms. The molecule has 0 saturated heterocycles. The number of hydrogen-bond acceptors (Lipinski definition) is 7. The second-order valence-electron chi connectivity index (χ2n) is 13.5. The molecule has 8 rings (SSSR count). The average molecular weight is 1100 g/mol. The van der Waals surface area contributed by atoms with E-state index in [1.165, 1.54) is 0 Å². The van der Waals surface area contributed by atoms with Crippen molar-refractivity contribution in [1.29, 1.82) is 0 Å². The van der Waals surface area contributed by atoms with Gasteiger partial charge >= 0.3 is 18.2 Å². The monoisotopic (exact) mass is 1090 g/mol. The molecule has 0 fully saturated rings. The third kappa shape index (κ3) is 8.34. The topological polar surface area (TPSA) is 120 Å². The Morgan fingerprint density at radius 2 is 1.09 bits per heavy atom. The van der Waals surface area contributed by atoms with Gasteiger partial charge in [-0.25, -0.2) is 14.4 Å². The Hall–Kier alpha value is -4.68. The molecule has 0 spiro atoms. The van der Waals surface area contributed by atoms with Crippen LogP contribution in [0.1, 0.15) is 39.7 Å². The number of fused-ring (bicyclic) bond motifs is 6. The van der Waals surface area contributed by atoms with E-state index >= 15 is 0 Å². The predicted molar refractivity (Wildman–Crippen MR) is 240 cm³/mol. The second kappa shape index (κ2) is 17.0. The van der Waals surface area contributed by atoms with E-state index in [-0.39, 0.29) is 31.5 Å². The van der Waals surface area contributed by atoms with E-state index in [4.69, 9.17) is 18.9 Å². The van der Waals surface area contributed by atoms with Gasteiger partial charge in [-0.05, 0) is 148 Å². The largest absolute Gasteiger partial charge is 0.513 e. The van der Waals surface area contributed by atoms with E-state index < -0.39 is 24.3 Å². The molecule has 9 nitrogen and oxygen atoms in total. The standard InChI is InChI=1S/C45H32I3NO8/c46-37-22-26(17-18-41(37)57-45(53)55-24-36-33-15-7-3-11-29(33)30-12-4-8-16-34(30)36)56-42-38(47)19-25(20-39(42)48)21-40(43(50)51)49-44(52)54-23-35-31-13-5-1-9-27(31)28-10-2-6-14-32(28)35/h1-20,22,35-36,40H,21,23-24H2,(H,49,52)(H,50,51). The van der Waals surface area contributed by atoms with Crippen LogP contribution in [-0.4, -0.2) is 42.6 Å². The van der Waals surface area contributed by atoms with Gasteiger partial charge in [0.1, 0.15) is 30.8 Å². The summed E-state index contributed by atoms with van der Waals surface area (Å²) in [6.45, 7) is 0.228. The molecule has 1 amide bonds. The highest BCUT2D eigenvalue weighted by atomic mass is 127. The summed E-state index contributed by atoms with van der Waals surface area (Å²) in [4.78, 5) is 38.1. The Bertz CT molecular complexity index is 2430. The molecule has 0 aromatic heterocycles. The maximum absolute atomic E-state index is 12.9. The minimum atomic E-state index is -1.22. The Morgan fingerprint density at radius 1 is 0.614 bits per heavy atom. The summed E-state index contributed by atoms with van der Waals surface area (Å²) < 4.78 is 25.2. The number of ether oxygens (including phenoxy) is 4. The highest BCUT2D eigenvalue weighted by Crippen LogP contribution is 2.46. The van der Waals surface area contributed by atoms with E-state index in [0.29, 0.717) is 26.4 Å². The molecule has 0 saturated carbocycles. The van der Waals surface area contributed by atoms with Gasteiger partial charge in [0.15, 0.2) is 5.75 Å². The molecular weight excluding hydrogens is 1060 g/mol. The Balaban J connectivity index is 0.867. The highest BCUT2D eigenvalue weighted by molar-refractivity contribution is 14.1. The van der Waals surface area contributed by atoms with Gasteiger partial charge in [0.2, 0.25) is 0 Å². The first-order valence-electron chi connectivity index (χ1n) is 18.0. The molecule has 2 aliphatic rings. The maximum Gasteiger partial charge on any atom is 0.513 e. The summed E-state index contributed by atoms with van der Waals surface area (Å²) >= 11 is 6.37. The molecular formula is C45H32I3NO8. The lowest BCUT2D eigenvalue weighted by Gasteiger charge is -2.18. The first kappa shape index (κ1) is 39.2. The van der Waals surface area contributed by atoms with Crippen molar-refractivity contribution in [2.24, 2.45) is 0 Å². The lowest BCUT2D eigenvalue weighted by molar-refractivity contribution is -0.139. The van der Waals surface area contributed by atoms with Crippen LogP contribution in [-0.2, 0) is 20.7 Å². The summed E-state index contributed by atoms with van der Waals surface area (Å²) in [6, 6.07) is 39.9. The third-order valence-corrected chi connectivity index (χ3v) is 12.5. The van der Waals surface area contributed by atoms with E-state index in [9.17, 15) is 19.5 Å². The van der Waals surface area contributed by atoms with Gasteiger partial charge in [-0.2, -0.15) is 0 Å². The summed E-state index contributed by atoms with van der Waals surface area (Å²) in [7, 11) is 0. The number of carbonyl (C=O) groups excluding carboxylic acids is 2. The van der Waals surface area contributed by atoms with Gasteiger partial charge < -0.3 is 29.4 Å². The minimum Gasteiger partial charge on any atom is -0.480 e. The van der Waals surface area contributed by atoms with Crippen molar-refractivity contribution in [3.63, 3.8) is 0 Å². The van der Waals surface area contributed by atoms with Crippen LogP contribution < -0.4 is 14.8 Å². The van der Waals surface area contributed by atoms with E-state index in [2.05, 4.69) is 109 Å². The van der Waals surface area contributed by atoms with Gasteiger partial charge in [-0.15, -0.1) is 0 Å². The van der Waals surface area contributed by atoms with E-state index in [1.807, 2.05) is 72.8 Å². The third-order valence-electron chi connectivity index (χ3n) is 10.1. The number of carbonyl (C=O) groups is 3. The number of carboxylic acid groups (broad SMARTS) is 1. The minimum absolute atomic E-state index is 0.0333. The average Bonchev–Trinajstić information content (AvgIpc) is 3.70. The van der Waals surface area contributed by atoms with Crippen LogP contribution in [0.25, 0.3) is 22.3 Å². The first-order valence-corrected chi connectivity index (χ1v) is 21.2. The van der Waals surface area contributed by atoms with Crippen molar-refractivity contribution in [3.05, 3.63) is 166 Å². The normalized spacial score (nSPS) is 13.1. The number of halogens is 3. The molecule has 0 heterocycles. The number of amides is 1. The molecule has 2 aliphatic carbocycles. The number of rotatable bonds is 11. The predicted octanol–water partition coefficient (Wildman–Crippen LogP) is 11.2. The smallest absolute Gasteiger partial charge is 0.480 e. The van der Waals surface area contributed by atoms with Crippen LogP contribution >= 0.6 is 67.8 Å². The lowest BCUT2D eigenvalue weighted by atomic mass is 9.98. The van der Waals surface area contributed by atoms with Crippen LogP contribution in [0.3, 0.4) is 0 Å². The number of aliphatic carboxylic acids is 1. The summed E-state index contributed by atoms with van der Waals surface area (Å²) in [6.07, 6.45) is -1.56. The summed E-state index contributed by atoms with van der Waals surface area (Å²) in [5.74, 6) is 0.0343. The quantitative estimate of drug-likeness (QED) is 0.0748. The molecule has 0 bridgehead atoms. The van der Waals surface area contributed by atoms with Crippen LogP contribution in [0, 0.1) is 10.7 Å². The number of carboxylic acids is 1. The molecule has 2 N–H and O–H groups in total. The van der Waals surface area contributed by atoms with Gasteiger partial charge in [-0.3, -0.25) is 0 Å². The number of nitrogens with one attached hydrogen (secondary N) is 1. The summed E-state index contributed by atoms with van der Waals surface area (Å²) in [5, 5.41) is 12.6. The van der Waals surface area contributed by atoms with Crippen molar-refractivity contribution in [1.82, 2.24) is 5.32 Å². The maximum atomic E-state index is 12.9. The number of benzene rings is 6. The van der Waals surface area contributed by atoms with E-state index in [1.54, 1.807) is 18.2 Å². The fraction of sp³-hybridized carbons (Fsp3) is 0.133. The molecule has 0 radical (unpaired) electrons.